The first-order valence-electron chi connectivity index (χ1n) is 4.73. The Kier molecular flexibility index (Phi) is 8.24. The predicted octanol–water partition coefficient (Wildman–Crippen LogP) is 0.831. The molecule has 0 bridgehead atoms. The standard InChI is InChI=1S/C9H19NO2S/c1-2-3-8(4-5-11)6-10-9(12)7-13/h8,11,13H,2-7H2,1H3,(H,10,12). The van der Waals surface area contributed by atoms with Crippen molar-refractivity contribution in [2.24, 2.45) is 5.92 Å². The number of rotatable bonds is 7. The van der Waals surface area contributed by atoms with Crippen LogP contribution in [-0.4, -0.2) is 29.9 Å². The quantitative estimate of drug-likeness (QED) is 0.539. The second kappa shape index (κ2) is 8.38. The van der Waals surface area contributed by atoms with Gasteiger partial charge in [0.15, 0.2) is 0 Å². The zero-order valence-corrected chi connectivity index (χ0v) is 9.02. The number of carbonyl (C=O) groups is 1. The van der Waals surface area contributed by atoms with Gasteiger partial charge in [-0.3, -0.25) is 4.79 Å². The van der Waals surface area contributed by atoms with Gasteiger partial charge in [0.25, 0.3) is 0 Å². The first kappa shape index (κ1) is 12.8. The van der Waals surface area contributed by atoms with E-state index in [-0.39, 0.29) is 18.3 Å². The summed E-state index contributed by atoms with van der Waals surface area (Å²) in [7, 11) is 0. The highest BCUT2D eigenvalue weighted by atomic mass is 32.1. The van der Waals surface area contributed by atoms with E-state index in [2.05, 4.69) is 24.9 Å². The maximum Gasteiger partial charge on any atom is 0.229 e. The number of amides is 1. The van der Waals surface area contributed by atoms with Gasteiger partial charge in [0.05, 0.1) is 5.75 Å². The molecule has 4 heteroatoms. The summed E-state index contributed by atoms with van der Waals surface area (Å²) in [6.07, 6.45) is 2.90. The molecular formula is C9H19NO2S. The van der Waals surface area contributed by atoms with Gasteiger partial charge in [-0.25, -0.2) is 0 Å². The molecule has 3 nitrogen and oxygen atoms in total. The molecule has 1 atom stereocenters. The van der Waals surface area contributed by atoms with E-state index >= 15 is 0 Å². The Bertz CT molecular complexity index is 136. The predicted molar refractivity (Wildman–Crippen MR) is 57.0 cm³/mol. The Hall–Kier alpha value is -0.220. The van der Waals surface area contributed by atoms with Gasteiger partial charge in [-0.2, -0.15) is 12.6 Å². The van der Waals surface area contributed by atoms with Crippen LogP contribution >= 0.6 is 12.6 Å². The molecule has 0 saturated carbocycles. The average Bonchev–Trinajstić information content (AvgIpc) is 2.14. The molecule has 13 heavy (non-hydrogen) atoms. The number of aliphatic hydroxyl groups excluding tert-OH is 1. The Morgan fingerprint density at radius 2 is 2.23 bits per heavy atom. The molecule has 0 radical (unpaired) electrons. The number of thiol groups is 1. The number of aliphatic hydroxyl groups is 1. The van der Waals surface area contributed by atoms with Crippen LogP contribution in [0.15, 0.2) is 0 Å². The fourth-order valence-electron chi connectivity index (χ4n) is 1.25. The monoisotopic (exact) mass is 205 g/mol. The van der Waals surface area contributed by atoms with Crippen LogP contribution in [-0.2, 0) is 4.79 Å². The fraction of sp³-hybridized carbons (Fsp3) is 0.889. The van der Waals surface area contributed by atoms with Crippen molar-refractivity contribution < 1.29 is 9.90 Å². The minimum atomic E-state index is -0.0395. The summed E-state index contributed by atoms with van der Waals surface area (Å²) < 4.78 is 0. The van der Waals surface area contributed by atoms with Crippen LogP contribution in [0.2, 0.25) is 0 Å². The molecule has 0 fully saturated rings. The van der Waals surface area contributed by atoms with E-state index in [1.807, 2.05) is 0 Å². The van der Waals surface area contributed by atoms with Crippen LogP contribution in [0, 0.1) is 5.92 Å². The number of hydrogen-bond acceptors (Lipinski definition) is 3. The van der Waals surface area contributed by atoms with Gasteiger partial charge < -0.3 is 10.4 Å². The summed E-state index contributed by atoms with van der Waals surface area (Å²) in [6, 6.07) is 0. The highest BCUT2D eigenvalue weighted by molar-refractivity contribution is 7.81. The van der Waals surface area contributed by atoms with Crippen LogP contribution in [0.1, 0.15) is 26.2 Å². The van der Waals surface area contributed by atoms with Gasteiger partial charge >= 0.3 is 0 Å². The summed E-state index contributed by atoms with van der Waals surface area (Å²) in [5.74, 6) is 0.596. The fourth-order valence-corrected chi connectivity index (χ4v) is 1.37. The third-order valence-electron chi connectivity index (χ3n) is 1.97. The molecule has 0 aliphatic heterocycles. The summed E-state index contributed by atoms with van der Waals surface area (Å²) in [5, 5.41) is 11.5. The maximum atomic E-state index is 10.9. The van der Waals surface area contributed by atoms with Gasteiger partial charge in [-0.15, -0.1) is 0 Å². The topological polar surface area (TPSA) is 49.3 Å². The van der Waals surface area contributed by atoms with Gasteiger partial charge in [-0.05, 0) is 18.8 Å². The van der Waals surface area contributed by atoms with Gasteiger partial charge in [0, 0.05) is 13.2 Å². The molecule has 1 amide bonds. The summed E-state index contributed by atoms with van der Waals surface area (Å²) in [4.78, 5) is 10.9. The third-order valence-corrected chi connectivity index (χ3v) is 2.25. The Morgan fingerprint density at radius 1 is 1.54 bits per heavy atom. The van der Waals surface area contributed by atoms with Gasteiger partial charge in [0.1, 0.15) is 0 Å². The van der Waals surface area contributed by atoms with Crippen molar-refractivity contribution in [3.8, 4) is 0 Å². The summed E-state index contributed by atoms with van der Waals surface area (Å²) in [6.45, 7) is 2.96. The molecule has 0 aromatic heterocycles. The van der Waals surface area contributed by atoms with E-state index in [1.165, 1.54) is 0 Å². The Labute approximate surface area is 85.3 Å². The molecule has 0 aromatic carbocycles. The van der Waals surface area contributed by atoms with Crippen LogP contribution in [0.5, 0.6) is 0 Å². The number of carbonyl (C=O) groups excluding carboxylic acids is 1. The Balaban J connectivity index is 3.61. The number of hydrogen-bond donors (Lipinski definition) is 3. The third kappa shape index (κ3) is 6.90. The normalized spacial score (nSPS) is 12.5. The van der Waals surface area contributed by atoms with Gasteiger partial charge in [0.2, 0.25) is 5.91 Å². The molecule has 78 valence electrons. The van der Waals surface area contributed by atoms with E-state index in [0.29, 0.717) is 12.5 Å². The second-order valence-corrected chi connectivity index (χ2v) is 3.45. The first-order chi connectivity index (χ1) is 6.24. The molecule has 0 saturated heterocycles. The van der Waals surface area contributed by atoms with Crippen molar-refractivity contribution in [2.45, 2.75) is 26.2 Å². The van der Waals surface area contributed by atoms with E-state index in [1.54, 1.807) is 0 Å². The van der Waals surface area contributed by atoms with Crippen molar-refractivity contribution in [1.82, 2.24) is 5.32 Å². The van der Waals surface area contributed by atoms with Crippen molar-refractivity contribution in [1.29, 1.82) is 0 Å². The lowest BCUT2D eigenvalue weighted by molar-refractivity contribution is -0.118. The van der Waals surface area contributed by atoms with E-state index in [4.69, 9.17) is 5.11 Å². The molecule has 0 spiro atoms. The van der Waals surface area contributed by atoms with Crippen LogP contribution in [0.3, 0.4) is 0 Å². The molecule has 0 heterocycles. The molecule has 0 aliphatic carbocycles. The van der Waals surface area contributed by atoms with Crippen molar-refractivity contribution in [2.75, 3.05) is 18.9 Å². The molecular weight excluding hydrogens is 186 g/mol. The van der Waals surface area contributed by atoms with Crippen LogP contribution in [0.4, 0.5) is 0 Å². The maximum absolute atomic E-state index is 10.9. The minimum Gasteiger partial charge on any atom is -0.396 e. The van der Waals surface area contributed by atoms with Crippen LogP contribution < -0.4 is 5.32 Å². The highest BCUT2D eigenvalue weighted by Crippen LogP contribution is 2.08. The zero-order valence-electron chi connectivity index (χ0n) is 8.12. The highest BCUT2D eigenvalue weighted by Gasteiger charge is 2.07. The molecule has 1 unspecified atom stereocenters. The lowest BCUT2D eigenvalue weighted by Gasteiger charge is -2.14. The van der Waals surface area contributed by atoms with Crippen molar-refractivity contribution >= 4 is 18.5 Å². The van der Waals surface area contributed by atoms with Gasteiger partial charge in [-0.1, -0.05) is 13.3 Å². The molecule has 2 N–H and O–H groups in total. The van der Waals surface area contributed by atoms with Crippen molar-refractivity contribution in [3.63, 3.8) is 0 Å². The van der Waals surface area contributed by atoms with Crippen molar-refractivity contribution in [3.05, 3.63) is 0 Å². The second-order valence-electron chi connectivity index (χ2n) is 3.13. The smallest absolute Gasteiger partial charge is 0.229 e. The lowest BCUT2D eigenvalue weighted by Crippen LogP contribution is -2.30. The minimum absolute atomic E-state index is 0.0395. The molecule has 0 rings (SSSR count). The summed E-state index contributed by atoms with van der Waals surface area (Å²) in [5.41, 5.74) is 0. The summed E-state index contributed by atoms with van der Waals surface area (Å²) >= 11 is 3.86. The van der Waals surface area contributed by atoms with E-state index < -0.39 is 0 Å². The van der Waals surface area contributed by atoms with Crippen LogP contribution in [0.25, 0.3) is 0 Å². The van der Waals surface area contributed by atoms with E-state index in [0.717, 1.165) is 19.3 Å². The lowest BCUT2D eigenvalue weighted by atomic mass is 10.0. The molecule has 0 aliphatic rings. The Morgan fingerprint density at radius 3 is 2.69 bits per heavy atom. The molecule has 0 aromatic rings. The SMILES string of the molecule is CCCC(CCO)CNC(=O)CS. The number of nitrogens with one attached hydrogen (secondary N) is 1. The average molecular weight is 205 g/mol. The zero-order chi connectivity index (χ0) is 10.1. The first-order valence-corrected chi connectivity index (χ1v) is 5.36. The van der Waals surface area contributed by atoms with E-state index in [9.17, 15) is 4.79 Å². The largest absolute Gasteiger partial charge is 0.396 e.